The summed E-state index contributed by atoms with van der Waals surface area (Å²) < 4.78 is 44.8. The van der Waals surface area contributed by atoms with Crippen molar-refractivity contribution in [2.45, 2.75) is 32.0 Å². The van der Waals surface area contributed by atoms with Crippen molar-refractivity contribution in [3.63, 3.8) is 0 Å². The second kappa shape index (κ2) is 9.54. The lowest BCUT2D eigenvalue weighted by Crippen LogP contribution is -2.45. The van der Waals surface area contributed by atoms with Crippen LogP contribution < -0.4 is 4.90 Å². The summed E-state index contributed by atoms with van der Waals surface area (Å²) >= 11 is 0. The van der Waals surface area contributed by atoms with Gasteiger partial charge in [0, 0.05) is 37.8 Å². The van der Waals surface area contributed by atoms with Gasteiger partial charge in [0.2, 0.25) is 5.95 Å². The number of anilines is 1. The van der Waals surface area contributed by atoms with Gasteiger partial charge in [0.05, 0.1) is 18.1 Å². The number of carboxylic acid groups (broad SMARTS) is 1. The number of pyridine rings is 1. The third-order valence-corrected chi connectivity index (χ3v) is 5.42. The molecular weight excluding hydrogens is 418 g/mol. The van der Waals surface area contributed by atoms with E-state index in [0.29, 0.717) is 11.4 Å². The zero-order valence-electron chi connectivity index (χ0n) is 16.7. The van der Waals surface area contributed by atoms with Crippen LogP contribution in [-0.4, -0.2) is 63.3 Å². The lowest BCUT2D eigenvalue weighted by Gasteiger charge is -2.40. The van der Waals surface area contributed by atoms with E-state index in [4.69, 9.17) is 9.90 Å². The van der Waals surface area contributed by atoms with Crippen LogP contribution >= 0.6 is 0 Å². The molecule has 0 bridgehead atoms. The smallest absolute Gasteiger partial charge is 0.475 e. The SMILES string of the molecule is Fc1cnc(N2CCCC3(CCN(Cc4ccccn4)C3)C2)nc1.O=C(O)C(F)(F)F. The first-order chi connectivity index (χ1) is 14.7. The fourth-order valence-corrected chi connectivity index (χ4v) is 4.06. The third-order valence-electron chi connectivity index (χ3n) is 5.42. The molecule has 2 aromatic rings. The zero-order chi connectivity index (χ0) is 22.5. The summed E-state index contributed by atoms with van der Waals surface area (Å²) in [6.45, 7) is 5.01. The molecule has 0 aliphatic carbocycles. The number of aliphatic carboxylic acids is 1. The van der Waals surface area contributed by atoms with Gasteiger partial charge in [-0.2, -0.15) is 13.2 Å². The minimum atomic E-state index is -5.08. The molecule has 0 amide bonds. The highest BCUT2D eigenvalue weighted by atomic mass is 19.4. The summed E-state index contributed by atoms with van der Waals surface area (Å²) in [7, 11) is 0. The van der Waals surface area contributed by atoms with Crippen LogP contribution in [0.5, 0.6) is 0 Å². The molecule has 2 aliphatic heterocycles. The summed E-state index contributed by atoms with van der Waals surface area (Å²) in [6.07, 6.45) is 2.85. The molecule has 2 fully saturated rings. The van der Waals surface area contributed by atoms with Crippen molar-refractivity contribution in [1.29, 1.82) is 0 Å². The van der Waals surface area contributed by atoms with Crippen LogP contribution in [0.2, 0.25) is 0 Å². The normalized spacial score (nSPS) is 21.6. The van der Waals surface area contributed by atoms with Gasteiger partial charge in [-0.25, -0.2) is 19.2 Å². The Labute approximate surface area is 176 Å². The summed E-state index contributed by atoms with van der Waals surface area (Å²) in [5.74, 6) is -2.49. The Balaban J connectivity index is 0.000000339. The quantitative estimate of drug-likeness (QED) is 0.733. The molecule has 4 heterocycles. The molecule has 0 saturated carbocycles. The number of nitrogens with zero attached hydrogens (tertiary/aromatic N) is 5. The molecule has 4 rings (SSSR count). The average molecular weight is 441 g/mol. The number of likely N-dealkylation sites (tertiary alicyclic amines) is 1. The average Bonchev–Trinajstić information content (AvgIpc) is 3.10. The summed E-state index contributed by atoms with van der Waals surface area (Å²) in [5, 5.41) is 7.12. The lowest BCUT2D eigenvalue weighted by molar-refractivity contribution is -0.192. The monoisotopic (exact) mass is 441 g/mol. The van der Waals surface area contributed by atoms with Crippen molar-refractivity contribution < 1.29 is 27.5 Å². The second-order valence-corrected chi connectivity index (χ2v) is 7.81. The Bertz CT molecular complexity index is 866. The number of carbonyl (C=O) groups is 1. The minimum absolute atomic E-state index is 0.296. The number of halogens is 4. The predicted octanol–water partition coefficient (Wildman–Crippen LogP) is 3.14. The van der Waals surface area contributed by atoms with Crippen molar-refractivity contribution in [3.05, 3.63) is 48.3 Å². The maximum Gasteiger partial charge on any atom is 0.490 e. The van der Waals surface area contributed by atoms with Gasteiger partial charge >= 0.3 is 12.1 Å². The van der Waals surface area contributed by atoms with Crippen LogP contribution in [0, 0.1) is 11.2 Å². The van der Waals surface area contributed by atoms with Gasteiger partial charge in [0.1, 0.15) is 0 Å². The fourth-order valence-electron chi connectivity index (χ4n) is 4.06. The maximum absolute atomic E-state index is 13.1. The number of alkyl halides is 3. The van der Waals surface area contributed by atoms with Crippen LogP contribution in [0.3, 0.4) is 0 Å². The van der Waals surface area contributed by atoms with E-state index in [1.54, 1.807) is 0 Å². The highest BCUT2D eigenvalue weighted by molar-refractivity contribution is 5.73. The van der Waals surface area contributed by atoms with E-state index in [1.165, 1.54) is 25.2 Å². The van der Waals surface area contributed by atoms with Crippen molar-refractivity contribution in [2.75, 3.05) is 31.1 Å². The van der Waals surface area contributed by atoms with E-state index in [9.17, 15) is 17.6 Å². The number of aromatic nitrogens is 3. The predicted molar refractivity (Wildman–Crippen MR) is 104 cm³/mol. The Morgan fingerprint density at radius 1 is 1.10 bits per heavy atom. The number of carboxylic acids is 1. The summed E-state index contributed by atoms with van der Waals surface area (Å²) in [5.41, 5.74) is 1.43. The molecule has 168 valence electrons. The summed E-state index contributed by atoms with van der Waals surface area (Å²) in [4.78, 5) is 26.4. The van der Waals surface area contributed by atoms with Gasteiger partial charge in [0.25, 0.3) is 0 Å². The zero-order valence-corrected chi connectivity index (χ0v) is 16.7. The largest absolute Gasteiger partial charge is 0.490 e. The molecule has 11 heteroatoms. The molecule has 1 atom stereocenters. The van der Waals surface area contributed by atoms with Gasteiger partial charge < -0.3 is 10.0 Å². The van der Waals surface area contributed by atoms with E-state index >= 15 is 0 Å². The van der Waals surface area contributed by atoms with Crippen molar-refractivity contribution in [2.24, 2.45) is 5.41 Å². The van der Waals surface area contributed by atoms with E-state index in [0.717, 1.165) is 44.8 Å². The number of piperidine rings is 1. The van der Waals surface area contributed by atoms with E-state index in [1.807, 2.05) is 18.3 Å². The van der Waals surface area contributed by atoms with Gasteiger partial charge in [-0.1, -0.05) is 6.07 Å². The molecule has 0 aromatic carbocycles. The van der Waals surface area contributed by atoms with Crippen molar-refractivity contribution >= 4 is 11.9 Å². The van der Waals surface area contributed by atoms with Gasteiger partial charge in [-0.15, -0.1) is 0 Å². The van der Waals surface area contributed by atoms with Crippen LogP contribution in [0.15, 0.2) is 36.8 Å². The van der Waals surface area contributed by atoms with Gasteiger partial charge in [-0.05, 0) is 37.9 Å². The molecular formula is C20H23F4N5O2. The molecule has 0 radical (unpaired) electrons. The molecule has 2 aliphatic rings. The first kappa shape index (κ1) is 22.9. The topological polar surface area (TPSA) is 82.5 Å². The Kier molecular flexibility index (Phi) is 7.04. The Hall–Kier alpha value is -2.82. The number of hydrogen-bond acceptors (Lipinski definition) is 6. The Morgan fingerprint density at radius 2 is 1.81 bits per heavy atom. The molecule has 7 nitrogen and oxygen atoms in total. The molecule has 1 N–H and O–H groups in total. The molecule has 2 aromatic heterocycles. The number of rotatable bonds is 3. The van der Waals surface area contributed by atoms with Crippen LogP contribution in [0.25, 0.3) is 0 Å². The fraction of sp³-hybridized carbons (Fsp3) is 0.500. The van der Waals surface area contributed by atoms with Crippen LogP contribution in [0.4, 0.5) is 23.5 Å². The molecule has 1 spiro atoms. The highest BCUT2D eigenvalue weighted by Gasteiger charge is 2.42. The lowest BCUT2D eigenvalue weighted by atomic mass is 9.79. The van der Waals surface area contributed by atoms with E-state index in [2.05, 4.69) is 30.8 Å². The van der Waals surface area contributed by atoms with Crippen molar-refractivity contribution in [3.8, 4) is 0 Å². The van der Waals surface area contributed by atoms with Gasteiger partial charge in [0.15, 0.2) is 5.82 Å². The highest BCUT2D eigenvalue weighted by Crippen LogP contribution is 2.40. The van der Waals surface area contributed by atoms with E-state index in [-0.39, 0.29) is 5.82 Å². The maximum atomic E-state index is 13.1. The van der Waals surface area contributed by atoms with Gasteiger partial charge in [-0.3, -0.25) is 9.88 Å². The standard InChI is InChI=1S/C18H22FN5.C2HF3O2/c19-15-10-21-17(22-11-15)24-8-3-5-18(14-24)6-9-23(13-18)12-16-4-1-2-7-20-16;3-2(4,5)1(6)7/h1-2,4,7,10-11H,3,5-6,8-9,12-14H2;(H,6,7). The molecule has 1 unspecified atom stereocenters. The first-order valence-corrected chi connectivity index (χ1v) is 9.82. The Morgan fingerprint density at radius 3 is 2.42 bits per heavy atom. The molecule has 2 saturated heterocycles. The summed E-state index contributed by atoms with van der Waals surface area (Å²) in [6, 6.07) is 6.09. The number of hydrogen-bond donors (Lipinski definition) is 1. The van der Waals surface area contributed by atoms with Crippen LogP contribution in [0.1, 0.15) is 25.0 Å². The second-order valence-electron chi connectivity index (χ2n) is 7.81. The molecule has 31 heavy (non-hydrogen) atoms. The third kappa shape index (κ3) is 6.33. The van der Waals surface area contributed by atoms with Crippen LogP contribution in [-0.2, 0) is 11.3 Å². The van der Waals surface area contributed by atoms with E-state index < -0.39 is 12.1 Å². The minimum Gasteiger partial charge on any atom is -0.475 e. The van der Waals surface area contributed by atoms with Crippen molar-refractivity contribution in [1.82, 2.24) is 19.9 Å². The first-order valence-electron chi connectivity index (χ1n) is 9.82.